The van der Waals surface area contributed by atoms with Gasteiger partial charge in [-0.25, -0.2) is 0 Å². The van der Waals surface area contributed by atoms with Crippen LogP contribution in [-0.4, -0.2) is 31.6 Å². The standard InChI is InChI=1S/C21H32N2O4/c1-14(2)19(15-8-9-16-17(13-15)27-12-11-26-16)23-18(24)7-6-10-22-20(25)21(3,4)5/h8-9,13-14,19H,6-7,10-12H2,1-5H3,(H,22,25)(H,23,24). The molecule has 0 aromatic heterocycles. The van der Waals surface area contributed by atoms with Crippen LogP contribution in [0, 0.1) is 11.3 Å². The van der Waals surface area contributed by atoms with Gasteiger partial charge in [0.15, 0.2) is 11.5 Å². The van der Waals surface area contributed by atoms with Crippen molar-refractivity contribution in [1.29, 1.82) is 0 Å². The summed E-state index contributed by atoms with van der Waals surface area (Å²) in [4.78, 5) is 24.2. The summed E-state index contributed by atoms with van der Waals surface area (Å²) in [7, 11) is 0. The van der Waals surface area contributed by atoms with Gasteiger partial charge in [-0.3, -0.25) is 9.59 Å². The summed E-state index contributed by atoms with van der Waals surface area (Å²) < 4.78 is 11.2. The monoisotopic (exact) mass is 376 g/mol. The largest absolute Gasteiger partial charge is 0.486 e. The van der Waals surface area contributed by atoms with E-state index in [1.807, 2.05) is 39.0 Å². The van der Waals surface area contributed by atoms with E-state index in [2.05, 4.69) is 24.5 Å². The molecule has 1 aliphatic heterocycles. The Morgan fingerprint density at radius 2 is 1.78 bits per heavy atom. The lowest BCUT2D eigenvalue weighted by Crippen LogP contribution is -2.36. The summed E-state index contributed by atoms with van der Waals surface area (Å²) in [5, 5.41) is 5.98. The number of fused-ring (bicyclic) bond motifs is 1. The highest BCUT2D eigenvalue weighted by Gasteiger charge is 2.22. The Kier molecular flexibility index (Phi) is 7.11. The van der Waals surface area contributed by atoms with Crippen LogP contribution in [0.2, 0.25) is 0 Å². The van der Waals surface area contributed by atoms with Gasteiger partial charge >= 0.3 is 0 Å². The molecule has 6 heteroatoms. The lowest BCUT2D eigenvalue weighted by molar-refractivity contribution is -0.128. The number of hydrogen-bond donors (Lipinski definition) is 2. The minimum Gasteiger partial charge on any atom is -0.486 e. The van der Waals surface area contributed by atoms with Gasteiger partial charge in [0.1, 0.15) is 13.2 Å². The van der Waals surface area contributed by atoms with Gasteiger partial charge in [0.05, 0.1) is 6.04 Å². The molecule has 150 valence electrons. The Labute approximate surface area is 162 Å². The van der Waals surface area contributed by atoms with Gasteiger partial charge in [-0.15, -0.1) is 0 Å². The van der Waals surface area contributed by atoms with Crippen LogP contribution in [0.3, 0.4) is 0 Å². The smallest absolute Gasteiger partial charge is 0.225 e. The van der Waals surface area contributed by atoms with E-state index >= 15 is 0 Å². The topological polar surface area (TPSA) is 76.7 Å². The van der Waals surface area contributed by atoms with Gasteiger partial charge in [-0.1, -0.05) is 40.7 Å². The first kappa shape index (κ1) is 21.1. The van der Waals surface area contributed by atoms with E-state index in [0.717, 1.165) is 17.1 Å². The number of ether oxygens (including phenoxy) is 2. The molecular formula is C21H32N2O4. The average Bonchev–Trinajstić information content (AvgIpc) is 2.61. The Balaban J connectivity index is 1.88. The molecule has 0 aliphatic carbocycles. The molecule has 0 fully saturated rings. The fourth-order valence-electron chi connectivity index (χ4n) is 2.85. The van der Waals surface area contributed by atoms with Crippen molar-refractivity contribution in [2.24, 2.45) is 11.3 Å². The molecule has 1 aliphatic rings. The zero-order valence-corrected chi connectivity index (χ0v) is 17.1. The Morgan fingerprint density at radius 1 is 1.11 bits per heavy atom. The summed E-state index contributed by atoms with van der Waals surface area (Å²) in [5.74, 6) is 1.68. The maximum atomic E-state index is 12.4. The van der Waals surface area contributed by atoms with Crippen LogP contribution >= 0.6 is 0 Å². The molecule has 0 radical (unpaired) electrons. The van der Waals surface area contributed by atoms with Crippen molar-refractivity contribution in [3.05, 3.63) is 23.8 Å². The Bertz CT molecular complexity index is 665. The Hall–Kier alpha value is -2.24. The van der Waals surface area contributed by atoms with Crippen molar-refractivity contribution in [3.63, 3.8) is 0 Å². The molecule has 2 N–H and O–H groups in total. The fourth-order valence-corrected chi connectivity index (χ4v) is 2.85. The van der Waals surface area contributed by atoms with Crippen LogP contribution in [0.25, 0.3) is 0 Å². The summed E-state index contributed by atoms with van der Waals surface area (Å²) >= 11 is 0. The highest BCUT2D eigenvalue weighted by molar-refractivity contribution is 5.81. The first-order chi connectivity index (χ1) is 12.7. The molecule has 0 saturated heterocycles. The van der Waals surface area contributed by atoms with Gasteiger partial charge in [0, 0.05) is 18.4 Å². The number of carbonyl (C=O) groups is 2. The molecule has 0 saturated carbocycles. The zero-order chi connectivity index (χ0) is 20.0. The maximum absolute atomic E-state index is 12.4. The van der Waals surface area contributed by atoms with E-state index in [4.69, 9.17) is 9.47 Å². The Morgan fingerprint density at radius 3 is 2.41 bits per heavy atom. The molecular weight excluding hydrogens is 344 g/mol. The summed E-state index contributed by atoms with van der Waals surface area (Å²) in [6.45, 7) is 11.4. The fraction of sp³-hybridized carbons (Fsp3) is 0.619. The summed E-state index contributed by atoms with van der Waals surface area (Å²) in [6, 6.07) is 5.72. The van der Waals surface area contributed by atoms with Crippen LogP contribution in [0.1, 0.15) is 59.1 Å². The first-order valence-electron chi connectivity index (χ1n) is 9.65. The van der Waals surface area contributed by atoms with Crippen molar-refractivity contribution in [2.75, 3.05) is 19.8 Å². The molecule has 0 spiro atoms. The molecule has 1 aromatic carbocycles. The zero-order valence-electron chi connectivity index (χ0n) is 17.1. The summed E-state index contributed by atoms with van der Waals surface area (Å²) in [5.41, 5.74) is 0.590. The van der Waals surface area contributed by atoms with Crippen molar-refractivity contribution >= 4 is 11.8 Å². The molecule has 2 rings (SSSR count). The molecule has 0 bridgehead atoms. The van der Waals surface area contributed by atoms with Crippen molar-refractivity contribution in [2.45, 2.75) is 53.5 Å². The minimum atomic E-state index is -0.413. The predicted octanol–water partition coefficient (Wildman–Crippen LogP) is 3.21. The predicted molar refractivity (Wildman–Crippen MR) is 105 cm³/mol. The van der Waals surface area contributed by atoms with Crippen molar-refractivity contribution in [1.82, 2.24) is 10.6 Å². The molecule has 1 atom stereocenters. The van der Waals surface area contributed by atoms with Crippen LogP contribution < -0.4 is 20.1 Å². The van der Waals surface area contributed by atoms with E-state index in [0.29, 0.717) is 32.6 Å². The molecule has 2 amide bonds. The molecule has 6 nitrogen and oxygen atoms in total. The first-order valence-corrected chi connectivity index (χ1v) is 9.65. The summed E-state index contributed by atoms with van der Waals surface area (Å²) in [6.07, 6.45) is 0.984. The normalized spacial score (nSPS) is 14.6. The van der Waals surface area contributed by atoms with Crippen LogP contribution in [0.15, 0.2) is 18.2 Å². The van der Waals surface area contributed by atoms with E-state index < -0.39 is 5.41 Å². The second-order valence-corrected chi connectivity index (χ2v) is 8.30. The van der Waals surface area contributed by atoms with E-state index in [-0.39, 0.29) is 23.8 Å². The number of rotatable bonds is 7. The molecule has 27 heavy (non-hydrogen) atoms. The van der Waals surface area contributed by atoms with Crippen LogP contribution in [-0.2, 0) is 9.59 Å². The average molecular weight is 376 g/mol. The van der Waals surface area contributed by atoms with Gasteiger partial charge in [0.2, 0.25) is 11.8 Å². The third kappa shape index (κ3) is 6.15. The van der Waals surface area contributed by atoms with Crippen molar-refractivity contribution < 1.29 is 19.1 Å². The highest BCUT2D eigenvalue weighted by Crippen LogP contribution is 2.34. The number of hydrogen-bond acceptors (Lipinski definition) is 4. The SMILES string of the molecule is CC(C)C(NC(=O)CCCNC(=O)C(C)(C)C)c1ccc2c(c1)OCCO2. The third-order valence-corrected chi connectivity index (χ3v) is 4.46. The van der Waals surface area contributed by atoms with Crippen molar-refractivity contribution in [3.8, 4) is 11.5 Å². The second-order valence-electron chi connectivity index (χ2n) is 8.30. The highest BCUT2D eigenvalue weighted by atomic mass is 16.6. The molecule has 1 heterocycles. The number of carbonyl (C=O) groups excluding carboxylic acids is 2. The van der Waals surface area contributed by atoms with Gasteiger partial charge < -0.3 is 20.1 Å². The quantitative estimate of drug-likeness (QED) is 0.717. The van der Waals surface area contributed by atoms with Crippen LogP contribution in [0.4, 0.5) is 0 Å². The van der Waals surface area contributed by atoms with Gasteiger partial charge in [0.25, 0.3) is 0 Å². The lowest BCUT2D eigenvalue weighted by atomic mass is 9.95. The minimum absolute atomic E-state index is 0.000701. The number of benzene rings is 1. The van der Waals surface area contributed by atoms with Crippen LogP contribution in [0.5, 0.6) is 11.5 Å². The molecule has 1 aromatic rings. The second kappa shape index (κ2) is 9.11. The number of amides is 2. The third-order valence-electron chi connectivity index (χ3n) is 4.46. The molecule has 1 unspecified atom stereocenters. The number of nitrogens with one attached hydrogen (secondary N) is 2. The van der Waals surface area contributed by atoms with E-state index in [1.54, 1.807) is 0 Å². The maximum Gasteiger partial charge on any atom is 0.225 e. The van der Waals surface area contributed by atoms with Gasteiger partial charge in [-0.05, 0) is 30.0 Å². The van der Waals surface area contributed by atoms with Gasteiger partial charge in [-0.2, -0.15) is 0 Å². The van der Waals surface area contributed by atoms with E-state index in [1.165, 1.54) is 0 Å². The lowest BCUT2D eigenvalue weighted by Gasteiger charge is -2.25. The van der Waals surface area contributed by atoms with E-state index in [9.17, 15) is 9.59 Å².